The van der Waals surface area contributed by atoms with E-state index in [9.17, 15) is 4.79 Å². The topological polar surface area (TPSA) is 55.1 Å². The van der Waals surface area contributed by atoms with E-state index >= 15 is 0 Å². The number of nitrogens with one attached hydrogen (secondary N) is 1. The number of carbonyl (C=O) groups is 1. The molecule has 0 spiro atoms. The maximum atomic E-state index is 11.7. The summed E-state index contributed by atoms with van der Waals surface area (Å²) in [7, 11) is 0. The zero-order valence-electron chi connectivity index (χ0n) is 11.7. The van der Waals surface area contributed by atoms with Gasteiger partial charge in [-0.3, -0.25) is 4.79 Å². The predicted octanol–water partition coefficient (Wildman–Crippen LogP) is 2.40. The van der Waals surface area contributed by atoms with Crippen molar-refractivity contribution in [2.75, 3.05) is 18.6 Å². The maximum Gasteiger partial charge on any atom is 0.220 e. The van der Waals surface area contributed by atoms with Gasteiger partial charge in [0.1, 0.15) is 0 Å². The Morgan fingerprint density at radius 2 is 2.06 bits per heavy atom. The van der Waals surface area contributed by atoms with E-state index in [0.717, 1.165) is 25.0 Å². The third kappa shape index (κ3) is 9.48. The summed E-state index contributed by atoms with van der Waals surface area (Å²) in [5.74, 6) is 1.27. The van der Waals surface area contributed by atoms with Crippen LogP contribution in [0.25, 0.3) is 0 Å². The van der Waals surface area contributed by atoms with Crippen LogP contribution in [0.5, 0.6) is 0 Å². The number of thioether (sulfide) groups is 1. The van der Waals surface area contributed by atoms with Crippen LogP contribution < -0.4 is 11.1 Å². The van der Waals surface area contributed by atoms with E-state index in [-0.39, 0.29) is 17.4 Å². The van der Waals surface area contributed by atoms with Crippen LogP contribution in [0.2, 0.25) is 0 Å². The summed E-state index contributed by atoms with van der Waals surface area (Å²) in [6.45, 7) is 7.10. The van der Waals surface area contributed by atoms with E-state index in [4.69, 9.17) is 5.73 Å². The predicted molar refractivity (Wildman–Crippen MR) is 77.3 cm³/mol. The van der Waals surface area contributed by atoms with Crippen molar-refractivity contribution < 1.29 is 4.79 Å². The Hall–Kier alpha value is -0.220. The highest BCUT2D eigenvalue weighted by Crippen LogP contribution is 2.25. The van der Waals surface area contributed by atoms with E-state index < -0.39 is 0 Å². The molecule has 3 nitrogen and oxygen atoms in total. The van der Waals surface area contributed by atoms with Gasteiger partial charge in [0.05, 0.1) is 0 Å². The molecule has 0 aliphatic heterocycles. The number of amides is 1. The van der Waals surface area contributed by atoms with Crippen molar-refractivity contribution in [2.45, 2.75) is 52.5 Å². The van der Waals surface area contributed by atoms with Crippen LogP contribution in [0, 0.1) is 5.41 Å². The fourth-order valence-electron chi connectivity index (χ4n) is 1.68. The Kier molecular flexibility index (Phi) is 8.70. The smallest absolute Gasteiger partial charge is 0.220 e. The first-order chi connectivity index (χ1) is 7.91. The lowest BCUT2D eigenvalue weighted by Gasteiger charge is -2.23. The minimum atomic E-state index is 0.170. The molecule has 3 N–H and O–H groups in total. The summed E-state index contributed by atoms with van der Waals surface area (Å²) < 4.78 is 0. The molecule has 0 heterocycles. The third-order valence-corrected chi connectivity index (χ3v) is 3.66. The first kappa shape index (κ1) is 16.8. The van der Waals surface area contributed by atoms with Crippen LogP contribution >= 0.6 is 11.8 Å². The van der Waals surface area contributed by atoms with E-state index in [0.29, 0.717) is 13.0 Å². The zero-order valence-corrected chi connectivity index (χ0v) is 12.5. The van der Waals surface area contributed by atoms with Crippen LogP contribution in [0.1, 0.15) is 46.5 Å². The van der Waals surface area contributed by atoms with Gasteiger partial charge in [0.15, 0.2) is 0 Å². The molecule has 0 aromatic carbocycles. The summed E-state index contributed by atoms with van der Waals surface area (Å²) in [4.78, 5) is 11.7. The molecule has 0 aliphatic rings. The fraction of sp³-hybridized carbons (Fsp3) is 0.923. The van der Waals surface area contributed by atoms with Crippen molar-refractivity contribution in [3.05, 3.63) is 0 Å². The zero-order chi connectivity index (χ0) is 13.3. The van der Waals surface area contributed by atoms with Gasteiger partial charge in [-0.2, -0.15) is 11.8 Å². The van der Waals surface area contributed by atoms with Gasteiger partial charge >= 0.3 is 0 Å². The Balaban J connectivity index is 3.79. The summed E-state index contributed by atoms with van der Waals surface area (Å²) >= 11 is 1.82. The highest BCUT2D eigenvalue weighted by atomic mass is 32.2. The lowest BCUT2D eigenvalue weighted by atomic mass is 9.84. The van der Waals surface area contributed by atoms with Crippen molar-refractivity contribution in [2.24, 2.45) is 11.1 Å². The molecule has 1 atom stereocenters. The molecule has 102 valence electrons. The van der Waals surface area contributed by atoms with E-state index in [1.54, 1.807) is 0 Å². The van der Waals surface area contributed by atoms with Gasteiger partial charge in [-0.05, 0) is 50.2 Å². The van der Waals surface area contributed by atoms with Crippen molar-refractivity contribution in [3.8, 4) is 0 Å². The lowest BCUT2D eigenvalue weighted by Crippen LogP contribution is -2.33. The van der Waals surface area contributed by atoms with Crippen LogP contribution in [-0.4, -0.2) is 30.5 Å². The number of hydrogen-bond acceptors (Lipinski definition) is 3. The molecule has 0 aliphatic carbocycles. The van der Waals surface area contributed by atoms with E-state index in [1.165, 1.54) is 0 Å². The molecule has 1 unspecified atom stereocenters. The fourth-order valence-corrected chi connectivity index (χ4v) is 2.27. The first-order valence-corrected chi connectivity index (χ1v) is 7.79. The molecule has 0 saturated heterocycles. The number of rotatable bonds is 9. The van der Waals surface area contributed by atoms with Crippen molar-refractivity contribution in [1.29, 1.82) is 0 Å². The van der Waals surface area contributed by atoms with Crippen LogP contribution in [0.3, 0.4) is 0 Å². The van der Waals surface area contributed by atoms with Crippen molar-refractivity contribution in [3.63, 3.8) is 0 Å². The van der Waals surface area contributed by atoms with Crippen molar-refractivity contribution in [1.82, 2.24) is 5.32 Å². The Morgan fingerprint density at radius 1 is 1.41 bits per heavy atom. The SMILES string of the molecule is CSCCC(C)NC(=O)CCC(C)(C)CCN. The average Bonchev–Trinajstić information content (AvgIpc) is 2.24. The summed E-state index contributed by atoms with van der Waals surface area (Å²) in [5, 5.41) is 3.05. The minimum Gasteiger partial charge on any atom is -0.354 e. The van der Waals surface area contributed by atoms with Gasteiger partial charge in [0.25, 0.3) is 0 Å². The number of carbonyl (C=O) groups excluding carboxylic acids is 1. The minimum absolute atomic E-state index is 0.170. The molecule has 0 radical (unpaired) electrons. The standard InChI is InChI=1S/C13H28N2OS/c1-11(6-10-17-4)15-12(16)5-7-13(2,3)8-9-14/h11H,5-10,14H2,1-4H3,(H,15,16). The molecule has 0 fully saturated rings. The van der Waals surface area contributed by atoms with Gasteiger partial charge in [0, 0.05) is 12.5 Å². The average molecular weight is 260 g/mol. The molecular weight excluding hydrogens is 232 g/mol. The summed E-state index contributed by atoms with van der Waals surface area (Å²) in [6.07, 6.45) is 5.62. The molecule has 0 bridgehead atoms. The Bertz CT molecular complexity index is 219. The van der Waals surface area contributed by atoms with Crippen LogP contribution in [0.4, 0.5) is 0 Å². The Morgan fingerprint density at radius 3 is 2.59 bits per heavy atom. The second-order valence-electron chi connectivity index (χ2n) is 5.45. The van der Waals surface area contributed by atoms with E-state index in [1.807, 2.05) is 11.8 Å². The van der Waals surface area contributed by atoms with Gasteiger partial charge in [0.2, 0.25) is 5.91 Å². The monoisotopic (exact) mass is 260 g/mol. The normalized spacial score (nSPS) is 13.5. The molecule has 1 amide bonds. The molecular formula is C13H28N2OS. The molecule has 0 aromatic heterocycles. The second-order valence-corrected chi connectivity index (χ2v) is 6.44. The maximum absolute atomic E-state index is 11.7. The van der Waals surface area contributed by atoms with Gasteiger partial charge in [-0.25, -0.2) is 0 Å². The van der Waals surface area contributed by atoms with Gasteiger partial charge in [-0.15, -0.1) is 0 Å². The summed E-state index contributed by atoms with van der Waals surface area (Å²) in [6, 6.07) is 0.285. The highest BCUT2D eigenvalue weighted by Gasteiger charge is 2.18. The third-order valence-electron chi connectivity index (χ3n) is 3.01. The summed E-state index contributed by atoms with van der Waals surface area (Å²) in [5.41, 5.74) is 5.73. The lowest BCUT2D eigenvalue weighted by molar-refractivity contribution is -0.122. The quantitative estimate of drug-likeness (QED) is 0.669. The first-order valence-electron chi connectivity index (χ1n) is 6.39. The molecule has 17 heavy (non-hydrogen) atoms. The Labute approximate surface area is 110 Å². The van der Waals surface area contributed by atoms with Crippen LogP contribution in [0.15, 0.2) is 0 Å². The number of nitrogens with two attached hydrogens (primary N) is 1. The largest absolute Gasteiger partial charge is 0.354 e. The van der Waals surface area contributed by atoms with Gasteiger partial charge in [-0.1, -0.05) is 13.8 Å². The second kappa shape index (κ2) is 8.81. The molecule has 0 saturated carbocycles. The van der Waals surface area contributed by atoms with E-state index in [2.05, 4.69) is 32.3 Å². The molecule has 4 heteroatoms. The highest BCUT2D eigenvalue weighted by molar-refractivity contribution is 7.98. The molecule has 0 aromatic rings. The van der Waals surface area contributed by atoms with Crippen molar-refractivity contribution >= 4 is 17.7 Å². The van der Waals surface area contributed by atoms with Crippen LogP contribution in [-0.2, 0) is 4.79 Å². The molecule has 0 rings (SSSR count). The number of hydrogen-bond donors (Lipinski definition) is 2. The van der Waals surface area contributed by atoms with Gasteiger partial charge < -0.3 is 11.1 Å².